The molecular formula is C19H30O3. The van der Waals surface area contributed by atoms with E-state index >= 15 is 0 Å². The van der Waals surface area contributed by atoms with Crippen LogP contribution < -0.4 is 4.74 Å². The molecule has 0 heterocycles. The van der Waals surface area contributed by atoms with Crippen molar-refractivity contribution < 1.29 is 14.6 Å². The minimum Gasteiger partial charge on any atom is -0.497 e. The van der Waals surface area contributed by atoms with Gasteiger partial charge in [-0.3, -0.25) is 0 Å². The Morgan fingerprint density at radius 3 is 2.45 bits per heavy atom. The molecule has 0 aliphatic carbocycles. The predicted octanol–water partition coefficient (Wildman–Crippen LogP) is 4.35. The number of hydrogen-bond acceptors (Lipinski definition) is 3. The van der Waals surface area contributed by atoms with Crippen molar-refractivity contribution in [2.24, 2.45) is 5.92 Å². The molecule has 0 saturated carbocycles. The van der Waals surface area contributed by atoms with E-state index in [4.69, 9.17) is 14.6 Å². The first-order chi connectivity index (χ1) is 10.6. The van der Waals surface area contributed by atoms with E-state index in [2.05, 4.69) is 20.4 Å². The molecule has 1 aromatic carbocycles. The second-order valence-corrected chi connectivity index (χ2v) is 6.06. The molecule has 1 N–H and O–H groups in total. The van der Waals surface area contributed by atoms with Gasteiger partial charge in [0.25, 0.3) is 0 Å². The molecule has 1 aromatic rings. The smallest absolute Gasteiger partial charge is 0.118 e. The highest BCUT2D eigenvalue weighted by atomic mass is 16.5. The average Bonchev–Trinajstić information content (AvgIpc) is 2.50. The van der Waals surface area contributed by atoms with Crippen LogP contribution >= 0.6 is 0 Å². The third-order valence-electron chi connectivity index (χ3n) is 3.82. The van der Waals surface area contributed by atoms with Crippen LogP contribution in [0.3, 0.4) is 0 Å². The van der Waals surface area contributed by atoms with Crippen LogP contribution in [0.5, 0.6) is 5.75 Å². The summed E-state index contributed by atoms with van der Waals surface area (Å²) in [5.41, 5.74) is 2.34. The van der Waals surface area contributed by atoms with Crippen molar-refractivity contribution in [2.45, 2.75) is 52.2 Å². The van der Waals surface area contributed by atoms with Crippen molar-refractivity contribution in [3.8, 4) is 5.75 Å². The highest BCUT2D eigenvalue weighted by molar-refractivity contribution is 5.26. The van der Waals surface area contributed by atoms with Gasteiger partial charge in [0.05, 0.1) is 19.8 Å². The van der Waals surface area contributed by atoms with Gasteiger partial charge in [-0.25, -0.2) is 0 Å². The number of methoxy groups -OCH3 is 1. The molecule has 124 valence electrons. The first kappa shape index (κ1) is 18.7. The predicted molar refractivity (Wildman–Crippen MR) is 91.1 cm³/mol. The van der Waals surface area contributed by atoms with E-state index in [1.807, 2.05) is 24.3 Å². The largest absolute Gasteiger partial charge is 0.497 e. The van der Waals surface area contributed by atoms with Crippen molar-refractivity contribution in [3.05, 3.63) is 42.0 Å². The Morgan fingerprint density at radius 2 is 1.91 bits per heavy atom. The fraction of sp³-hybridized carbons (Fsp3) is 0.579. The standard InChI is InChI=1S/C19H30O3/c1-15(2)13-16(3)19(7-5-6-12-20)22-14-17-8-10-18(21-4)11-9-17/h8-11,16,19-20H,1,5-7,12-14H2,2-4H3/t16-,19-/m0/s1. The molecule has 22 heavy (non-hydrogen) atoms. The van der Waals surface area contributed by atoms with Crippen LogP contribution in [0.25, 0.3) is 0 Å². The summed E-state index contributed by atoms with van der Waals surface area (Å²) < 4.78 is 11.3. The highest BCUT2D eigenvalue weighted by Gasteiger charge is 2.18. The molecule has 0 saturated heterocycles. The minimum atomic E-state index is 0.199. The van der Waals surface area contributed by atoms with Crippen LogP contribution in [-0.4, -0.2) is 24.9 Å². The molecule has 3 heteroatoms. The van der Waals surface area contributed by atoms with Crippen LogP contribution in [0.4, 0.5) is 0 Å². The molecule has 0 spiro atoms. The SMILES string of the molecule is C=C(C)C[C@H](C)[C@H](CCCCO)OCc1ccc(OC)cc1. The lowest BCUT2D eigenvalue weighted by molar-refractivity contribution is -0.00155. The van der Waals surface area contributed by atoms with Gasteiger partial charge in [0.15, 0.2) is 0 Å². The number of hydrogen-bond donors (Lipinski definition) is 1. The zero-order chi connectivity index (χ0) is 16.4. The van der Waals surface area contributed by atoms with Gasteiger partial charge in [-0.05, 0) is 56.2 Å². The van der Waals surface area contributed by atoms with Gasteiger partial charge < -0.3 is 14.6 Å². The summed E-state index contributed by atoms with van der Waals surface area (Å²) in [6.07, 6.45) is 3.98. The Hall–Kier alpha value is -1.32. The summed E-state index contributed by atoms with van der Waals surface area (Å²) in [5.74, 6) is 1.30. The van der Waals surface area contributed by atoms with E-state index < -0.39 is 0 Å². The second-order valence-electron chi connectivity index (χ2n) is 6.06. The third kappa shape index (κ3) is 7.10. The third-order valence-corrected chi connectivity index (χ3v) is 3.82. The molecular weight excluding hydrogens is 276 g/mol. The lowest BCUT2D eigenvalue weighted by atomic mass is 9.93. The Kier molecular flexibility index (Phi) is 8.86. The van der Waals surface area contributed by atoms with Crippen LogP contribution in [0.1, 0.15) is 45.1 Å². The molecule has 0 amide bonds. The Bertz CT molecular complexity index is 425. The van der Waals surface area contributed by atoms with Gasteiger partial charge in [0, 0.05) is 6.61 Å². The minimum absolute atomic E-state index is 0.199. The zero-order valence-corrected chi connectivity index (χ0v) is 14.2. The summed E-state index contributed by atoms with van der Waals surface area (Å²) >= 11 is 0. The van der Waals surface area contributed by atoms with E-state index in [1.54, 1.807) is 7.11 Å². The molecule has 3 nitrogen and oxygen atoms in total. The molecule has 0 radical (unpaired) electrons. The molecule has 0 aromatic heterocycles. The summed E-state index contributed by atoms with van der Waals surface area (Å²) in [4.78, 5) is 0. The monoisotopic (exact) mass is 306 g/mol. The van der Waals surface area contributed by atoms with Crippen molar-refractivity contribution >= 4 is 0 Å². The molecule has 0 fully saturated rings. The maximum absolute atomic E-state index is 8.95. The fourth-order valence-corrected chi connectivity index (χ4v) is 2.60. The van der Waals surface area contributed by atoms with E-state index in [0.717, 1.165) is 37.0 Å². The molecule has 2 atom stereocenters. The number of allylic oxidation sites excluding steroid dienone is 1. The molecule has 0 aliphatic rings. The summed E-state index contributed by atoms with van der Waals surface area (Å²) in [6, 6.07) is 7.98. The van der Waals surface area contributed by atoms with Crippen molar-refractivity contribution in [1.82, 2.24) is 0 Å². The van der Waals surface area contributed by atoms with E-state index in [1.165, 1.54) is 5.57 Å². The lowest BCUT2D eigenvalue weighted by Crippen LogP contribution is -2.22. The number of unbranched alkanes of at least 4 members (excludes halogenated alkanes) is 1. The van der Waals surface area contributed by atoms with Crippen molar-refractivity contribution in [2.75, 3.05) is 13.7 Å². The number of aliphatic hydroxyl groups is 1. The Labute approximate surface area is 135 Å². The molecule has 0 unspecified atom stereocenters. The summed E-state index contributed by atoms with van der Waals surface area (Å²) in [5, 5.41) is 8.95. The van der Waals surface area contributed by atoms with Crippen LogP contribution in [0.2, 0.25) is 0 Å². The Balaban J connectivity index is 2.55. The average molecular weight is 306 g/mol. The maximum atomic E-state index is 8.95. The first-order valence-electron chi connectivity index (χ1n) is 8.06. The Morgan fingerprint density at radius 1 is 1.23 bits per heavy atom. The summed E-state index contributed by atoms with van der Waals surface area (Å²) in [6.45, 7) is 9.13. The fourth-order valence-electron chi connectivity index (χ4n) is 2.60. The highest BCUT2D eigenvalue weighted by Crippen LogP contribution is 2.22. The maximum Gasteiger partial charge on any atom is 0.118 e. The normalized spacial score (nSPS) is 13.6. The first-order valence-corrected chi connectivity index (χ1v) is 8.06. The molecule has 0 aliphatic heterocycles. The number of rotatable bonds is 11. The topological polar surface area (TPSA) is 38.7 Å². The number of benzene rings is 1. The van der Waals surface area contributed by atoms with Gasteiger partial charge in [0.1, 0.15) is 5.75 Å². The number of ether oxygens (including phenoxy) is 2. The van der Waals surface area contributed by atoms with Crippen LogP contribution in [0, 0.1) is 5.92 Å². The van der Waals surface area contributed by atoms with Gasteiger partial charge in [-0.15, -0.1) is 6.58 Å². The van der Waals surface area contributed by atoms with Gasteiger partial charge in [0.2, 0.25) is 0 Å². The van der Waals surface area contributed by atoms with E-state index in [-0.39, 0.29) is 12.7 Å². The van der Waals surface area contributed by atoms with Crippen molar-refractivity contribution in [3.63, 3.8) is 0 Å². The second kappa shape index (κ2) is 10.4. The van der Waals surface area contributed by atoms with E-state index in [0.29, 0.717) is 12.5 Å². The molecule has 0 bridgehead atoms. The zero-order valence-electron chi connectivity index (χ0n) is 14.2. The van der Waals surface area contributed by atoms with Gasteiger partial charge >= 0.3 is 0 Å². The van der Waals surface area contributed by atoms with Gasteiger partial charge in [-0.2, -0.15) is 0 Å². The van der Waals surface area contributed by atoms with E-state index in [9.17, 15) is 0 Å². The van der Waals surface area contributed by atoms with Crippen molar-refractivity contribution in [1.29, 1.82) is 0 Å². The quantitative estimate of drug-likeness (QED) is 0.488. The van der Waals surface area contributed by atoms with Gasteiger partial charge in [-0.1, -0.05) is 24.6 Å². The summed E-state index contributed by atoms with van der Waals surface area (Å²) in [7, 11) is 1.67. The van der Waals surface area contributed by atoms with Crippen LogP contribution in [-0.2, 0) is 11.3 Å². The number of aliphatic hydroxyl groups excluding tert-OH is 1. The molecule has 1 rings (SSSR count). The lowest BCUT2D eigenvalue weighted by Gasteiger charge is -2.25. The van der Waals surface area contributed by atoms with Crippen LogP contribution in [0.15, 0.2) is 36.4 Å².